The predicted octanol–water partition coefficient (Wildman–Crippen LogP) is 3.55. The van der Waals surface area contributed by atoms with E-state index in [2.05, 4.69) is 5.32 Å². The van der Waals surface area contributed by atoms with E-state index in [-0.39, 0.29) is 11.8 Å². The number of nitrogens with zero attached hydrogens (tertiary/aromatic N) is 1. The maximum Gasteiger partial charge on any atom is 0.245 e. The van der Waals surface area contributed by atoms with E-state index in [1.165, 1.54) is 25.0 Å². The SMILES string of the molecule is CS(=O)(=O)N(CC(=O)Nc1ccc(OC2CCCC2)cc1)c1ccc(F)cc1. The fourth-order valence-electron chi connectivity index (χ4n) is 3.15. The Hall–Kier alpha value is -2.61. The van der Waals surface area contributed by atoms with Crippen LogP contribution in [-0.4, -0.2) is 33.2 Å². The van der Waals surface area contributed by atoms with Gasteiger partial charge in [-0.05, 0) is 74.2 Å². The van der Waals surface area contributed by atoms with Gasteiger partial charge in [0.15, 0.2) is 0 Å². The lowest BCUT2D eigenvalue weighted by Gasteiger charge is -2.22. The van der Waals surface area contributed by atoms with E-state index in [1.54, 1.807) is 24.3 Å². The van der Waals surface area contributed by atoms with Gasteiger partial charge in [-0.2, -0.15) is 0 Å². The van der Waals surface area contributed by atoms with Crippen LogP contribution in [-0.2, 0) is 14.8 Å². The highest BCUT2D eigenvalue weighted by Gasteiger charge is 2.21. The van der Waals surface area contributed by atoms with Crippen LogP contribution >= 0.6 is 0 Å². The third kappa shape index (κ3) is 5.45. The number of rotatable bonds is 7. The van der Waals surface area contributed by atoms with Crippen LogP contribution < -0.4 is 14.4 Å². The first-order chi connectivity index (χ1) is 13.3. The molecule has 1 fully saturated rings. The number of hydrogen-bond donors (Lipinski definition) is 1. The number of amides is 1. The Morgan fingerprint density at radius 1 is 1.11 bits per heavy atom. The zero-order valence-electron chi connectivity index (χ0n) is 15.6. The van der Waals surface area contributed by atoms with E-state index < -0.39 is 28.3 Å². The molecule has 2 aromatic rings. The highest BCUT2D eigenvalue weighted by atomic mass is 32.2. The quantitative estimate of drug-likeness (QED) is 0.763. The molecule has 6 nitrogen and oxygen atoms in total. The molecule has 28 heavy (non-hydrogen) atoms. The van der Waals surface area contributed by atoms with Crippen LogP contribution in [0.3, 0.4) is 0 Å². The van der Waals surface area contributed by atoms with Gasteiger partial charge in [0.05, 0.1) is 18.0 Å². The average Bonchev–Trinajstić information content (AvgIpc) is 3.14. The lowest BCUT2D eigenvalue weighted by Crippen LogP contribution is -2.37. The maximum absolute atomic E-state index is 13.1. The fourth-order valence-corrected chi connectivity index (χ4v) is 4.01. The van der Waals surface area contributed by atoms with Crippen molar-refractivity contribution in [2.75, 3.05) is 22.4 Å². The van der Waals surface area contributed by atoms with Crippen LogP contribution in [0.2, 0.25) is 0 Å². The van der Waals surface area contributed by atoms with Gasteiger partial charge >= 0.3 is 0 Å². The number of benzene rings is 2. The van der Waals surface area contributed by atoms with E-state index in [0.29, 0.717) is 5.69 Å². The van der Waals surface area contributed by atoms with Crippen LogP contribution in [0.15, 0.2) is 48.5 Å². The largest absolute Gasteiger partial charge is 0.490 e. The van der Waals surface area contributed by atoms with Crippen LogP contribution in [0.5, 0.6) is 5.75 Å². The van der Waals surface area contributed by atoms with Gasteiger partial charge in [-0.15, -0.1) is 0 Å². The third-order valence-corrected chi connectivity index (χ3v) is 5.69. The molecule has 0 atom stereocenters. The Morgan fingerprint density at radius 3 is 2.29 bits per heavy atom. The van der Waals surface area contributed by atoms with Crippen LogP contribution in [0.25, 0.3) is 0 Å². The summed E-state index contributed by atoms with van der Waals surface area (Å²) in [5.41, 5.74) is 0.760. The van der Waals surface area contributed by atoms with Gasteiger partial charge in [0.2, 0.25) is 15.9 Å². The highest BCUT2D eigenvalue weighted by molar-refractivity contribution is 7.92. The summed E-state index contributed by atoms with van der Waals surface area (Å²) in [6.45, 7) is -0.412. The number of carbonyl (C=O) groups excluding carboxylic acids is 1. The zero-order valence-corrected chi connectivity index (χ0v) is 16.4. The second-order valence-electron chi connectivity index (χ2n) is 6.84. The number of nitrogens with one attached hydrogen (secondary N) is 1. The third-order valence-electron chi connectivity index (χ3n) is 4.55. The smallest absolute Gasteiger partial charge is 0.245 e. The van der Waals surface area contributed by atoms with Crippen LogP contribution in [0.1, 0.15) is 25.7 Å². The lowest BCUT2D eigenvalue weighted by molar-refractivity contribution is -0.114. The number of carbonyl (C=O) groups is 1. The molecule has 0 heterocycles. The molecule has 8 heteroatoms. The van der Waals surface area contributed by atoms with Gasteiger partial charge in [-0.3, -0.25) is 9.10 Å². The first kappa shape index (κ1) is 20.1. The molecule has 150 valence electrons. The monoisotopic (exact) mass is 406 g/mol. The number of sulfonamides is 1. The second-order valence-corrected chi connectivity index (χ2v) is 8.75. The van der Waals surface area contributed by atoms with Gasteiger partial charge in [-0.25, -0.2) is 12.8 Å². The molecule has 1 aliphatic rings. The Bertz CT molecular complexity index is 908. The minimum atomic E-state index is -3.71. The van der Waals surface area contributed by atoms with Crippen molar-refractivity contribution in [2.24, 2.45) is 0 Å². The number of anilines is 2. The molecule has 0 radical (unpaired) electrons. The van der Waals surface area contributed by atoms with E-state index in [9.17, 15) is 17.6 Å². The molecule has 1 amide bonds. The molecule has 0 unspecified atom stereocenters. The predicted molar refractivity (Wildman–Crippen MR) is 107 cm³/mol. The molecule has 0 aromatic heterocycles. The number of hydrogen-bond acceptors (Lipinski definition) is 4. The number of ether oxygens (including phenoxy) is 1. The molecule has 2 aromatic carbocycles. The van der Waals surface area contributed by atoms with Crippen molar-refractivity contribution in [3.8, 4) is 5.75 Å². The first-order valence-electron chi connectivity index (χ1n) is 9.11. The van der Waals surface area contributed by atoms with E-state index in [4.69, 9.17) is 4.74 Å². The summed E-state index contributed by atoms with van der Waals surface area (Å²) in [4.78, 5) is 12.4. The Labute approximate surface area is 164 Å². The summed E-state index contributed by atoms with van der Waals surface area (Å²) in [7, 11) is -3.71. The molecule has 1 saturated carbocycles. The van der Waals surface area contributed by atoms with Crippen LogP contribution in [0, 0.1) is 5.82 Å². The van der Waals surface area contributed by atoms with Crippen molar-refractivity contribution >= 4 is 27.3 Å². The molecule has 1 N–H and O–H groups in total. The molecule has 0 aliphatic heterocycles. The minimum Gasteiger partial charge on any atom is -0.490 e. The summed E-state index contributed by atoms with van der Waals surface area (Å²) in [5, 5.41) is 2.67. The lowest BCUT2D eigenvalue weighted by atomic mass is 10.2. The van der Waals surface area contributed by atoms with Gasteiger partial charge in [-0.1, -0.05) is 0 Å². The second kappa shape index (κ2) is 8.60. The number of halogens is 1. The van der Waals surface area contributed by atoms with E-state index >= 15 is 0 Å². The van der Waals surface area contributed by atoms with Gasteiger partial charge in [0, 0.05) is 5.69 Å². The first-order valence-corrected chi connectivity index (χ1v) is 11.0. The fraction of sp³-hybridized carbons (Fsp3) is 0.350. The summed E-state index contributed by atoms with van der Waals surface area (Å²) in [6.07, 6.45) is 5.73. The average molecular weight is 406 g/mol. The van der Waals surface area contributed by atoms with Gasteiger partial charge < -0.3 is 10.1 Å². The van der Waals surface area contributed by atoms with Crippen molar-refractivity contribution in [3.63, 3.8) is 0 Å². The Kier molecular flexibility index (Phi) is 6.18. The Morgan fingerprint density at radius 2 is 1.71 bits per heavy atom. The molecule has 1 aliphatic carbocycles. The molecule has 3 rings (SSSR count). The van der Waals surface area contributed by atoms with Crippen molar-refractivity contribution < 1.29 is 22.3 Å². The van der Waals surface area contributed by atoms with Gasteiger partial charge in [0.25, 0.3) is 0 Å². The van der Waals surface area contributed by atoms with Crippen molar-refractivity contribution in [1.29, 1.82) is 0 Å². The molecular formula is C20H23FN2O4S. The summed E-state index contributed by atoms with van der Waals surface area (Å²) in [6, 6.07) is 11.9. The van der Waals surface area contributed by atoms with Crippen molar-refractivity contribution in [3.05, 3.63) is 54.3 Å². The van der Waals surface area contributed by atoms with Crippen LogP contribution in [0.4, 0.5) is 15.8 Å². The summed E-state index contributed by atoms with van der Waals surface area (Å²) < 4.78 is 44.0. The summed E-state index contributed by atoms with van der Waals surface area (Å²) in [5.74, 6) is -0.241. The van der Waals surface area contributed by atoms with Crippen molar-refractivity contribution in [2.45, 2.75) is 31.8 Å². The summed E-state index contributed by atoms with van der Waals surface area (Å²) >= 11 is 0. The molecular weight excluding hydrogens is 383 g/mol. The molecule has 0 spiro atoms. The molecule has 0 bridgehead atoms. The highest BCUT2D eigenvalue weighted by Crippen LogP contribution is 2.25. The normalized spacial score (nSPS) is 14.6. The maximum atomic E-state index is 13.1. The minimum absolute atomic E-state index is 0.222. The van der Waals surface area contributed by atoms with Gasteiger partial charge in [0.1, 0.15) is 18.1 Å². The standard InChI is InChI=1S/C20H23FN2O4S/c1-28(25,26)23(17-10-6-15(21)7-11-17)14-20(24)22-16-8-12-19(13-9-16)27-18-4-2-3-5-18/h6-13,18H,2-5,14H2,1H3,(H,22,24). The molecule has 0 saturated heterocycles. The van der Waals surface area contributed by atoms with E-state index in [0.717, 1.165) is 41.3 Å². The Balaban J connectivity index is 1.63. The zero-order chi connectivity index (χ0) is 20.1. The van der Waals surface area contributed by atoms with E-state index in [1.807, 2.05) is 0 Å². The topological polar surface area (TPSA) is 75.7 Å². The van der Waals surface area contributed by atoms with Crippen molar-refractivity contribution in [1.82, 2.24) is 0 Å².